The molecule has 0 atom stereocenters. The maximum absolute atomic E-state index is 4.87. The molecule has 0 radical (unpaired) electrons. The fourth-order valence-electron chi connectivity index (χ4n) is 0.590. The molecular weight excluding hydrogens is 122 g/mol. The summed E-state index contributed by atoms with van der Waals surface area (Å²) in [6.45, 7) is 1.67. The highest BCUT2D eigenvalue weighted by molar-refractivity contribution is 8.14. The molecule has 0 saturated carbocycles. The van der Waals surface area contributed by atoms with Gasteiger partial charge in [0.25, 0.3) is 0 Å². The molecule has 0 amide bonds. The summed E-state index contributed by atoms with van der Waals surface area (Å²) < 4.78 is 4.87. The predicted octanol–water partition coefficient (Wildman–Crippen LogP) is 0.778. The van der Waals surface area contributed by atoms with E-state index in [-0.39, 0.29) is 0 Å². The summed E-state index contributed by atoms with van der Waals surface area (Å²) >= 11 is 1.79. The normalized spacial score (nSPS) is 18.9. The van der Waals surface area contributed by atoms with E-state index in [1.807, 2.05) is 0 Å². The average Bonchev–Trinajstić information content (AvgIpc) is 2.19. The molecular formula is C5H9NOS. The lowest BCUT2D eigenvalue weighted by Gasteiger charge is -1.92. The molecule has 0 fully saturated rings. The minimum atomic E-state index is 0.699. The monoisotopic (exact) mass is 131 g/mol. The largest absolute Gasteiger partial charge is 0.378 e. The van der Waals surface area contributed by atoms with Crippen LogP contribution in [0.1, 0.15) is 0 Å². The van der Waals surface area contributed by atoms with Gasteiger partial charge < -0.3 is 4.74 Å². The van der Waals surface area contributed by atoms with E-state index in [2.05, 4.69) is 4.99 Å². The van der Waals surface area contributed by atoms with E-state index in [4.69, 9.17) is 4.74 Å². The molecule has 2 nitrogen and oxygen atoms in total. The molecule has 0 bridgehead atoms. The summed E-state index contributed by atoms with van der Waals surface area (Å²) in [5.41, 5.74) is 0. The van der Waals surface area contributed by atoms with Gasteiger partial charge in [-0.3, -0.25) is 4.99 Å². The molecule has 0 spiro atoms. The molecule has 1 aliphatic rings. The first kappa shape index (κ1) is 6.11. The number of rotatable bonds is 2. The number of nitrogens with zero attached hydrogens (tertiary/aromatic N) is 1. The van der Waals surface area contributed by atoms with Crippen molar-refractivity contribution in [1.82, 2.24) is 0 Å². The Kier molecular flexibility index (Phi) is 2.36. The third kappa shape index (κ3) is 1.49. The Hall–Kier alpha value is -0.0200. The van der Waals surface area contributed by atoms with Crippen LogP contribution in [-0.2, 0) is 4.74 Å². The van der Waals surface area contributed by atoms with Gasteiger partial charge in [0.05, 0.1) is 11.7 Å². The minimum Gasteiger partial charge on any atom is -0.378 e. The van der Waals surface area contributed by atoms with E-state index in [1.54, 1.807) is 18.9 Å². The van der Waals surface area contributed by atoms with E-state index >= 15 is 0 Å². The van der Waals surface area contributed by atoms with Crippen molar-refractivity contribution < 1.29 is 4.74 Å². The van der Waals surface area contributed by atoms with Crippen molar-refractivity contribution in [1.29, 1.82) is 0 Å². The van der Waals surface area contributed by atoms with Crippen molar-refractivity contribution in [2.24, 2.45) is 4.99 Å². The first-order chi connectivity index (χ1) is 3.93. The molecule has 0 aliphatic carbocycles. The first-order valence-corrected chi connectivity index (χ1v) is 3.57. The van der Waals surface area contributed by atoms with E-state index in [0.717, 1.165) is 17.3 Å². The zero-order valence-electron chi connectivity index (χ0n) is 4.89. The van der Waals surface area contributed by atoms with Crippen molar-refractivity contribution >= 4 is 16.8 Å². The number of hydrogen-bond donors (Lipinski definition) is 0. The number of hydrogen-bond acceptors (Lipinski definition) is 3. The number of ether oxygens (including phenoxy) is 1. The van der Waals surface area contributed by atoms with E-state index < -0.39 is 0 Å². The zero-order chi connectivity index (χ0) is 5.82. The second kappa shape index (κ2) is 3.10. The van der Waals surface area contributed by atoms with Gasteiger partial charge in [-0.25, -0.2) is 0 Å². The molecule has 1 rings (SSSR count). The van der Waals surface area contributed by atoms with Crippen LogP contribution < -0.4 is 0 Å². The smallest absolute Gasteiger partial charge is 0.0941 e. The standard InChI is InChI=1S/C5H9NOS/c1-7-4-5-6-2-3-8-5/h2-4H2,1H3. The fourth-order valence-corrected chi connectivity index (χ4v) is 1.39. The van der Waals surface area contributed by atoms with Gasteiger partial charge in [-0.2, -0.15) is 0 Å². The Morgan fingerprint density at radius 3 is 3.25 bits per heavy atom. The van der Waals surface area contributed by atoms with E-state index in [0.29, 0.717) is 6.61 Å². The van der Waals surface area contributed by atoms with Crippen LogP contribution in [0.2, 0.25) is 0 Å². The summed E-state index contributed by atoms with van der Waals surface area (Å²) in [5, 5.41) is 1.15. The van der Waals surface area contributed by atoms with Gasteiger partial charge in [-0.15, -0.1) is 11.8 Å². The van der Waals surface area contributed by atoms with Gasteiger partial charge in [0, 0.05) is 19.4 Å². The number of aliphatic imine (C=N–C) groups is 1. The van der Waals surface area contributed by atoms with Crippen LogP contribution in [0.3, 0.4) is 0 Å². The van der Waals surface area contributed by atoms with Gasteiger partial charge >= 0.3 is 0 Å². The van der Waals surface area contributed by atoms with Gasteiger partial charge in [-0.1, -0.05) is 0 Å². The van der Waals surface area contributed by atoms with Crippen molar-refractivity contribution in [3.05, 3.63) is 0 Å². The molecule has 1 heterocycles. The molecule has 0 N–H and O–H groups in total. The lowest BCUT2D eigenvalue weighted by molar-refractivity contribution is 0.247. The van der Waals surface area contributed by atoms with Gasteiger partial charge in [0.15, 0.2) is 0 Å². The molecule has 0 aromatic carbocycles. The summed E-state index contributed by atoms with van der Waals surface area (Å²) in [7, 11) is 1.70. The van der Waals surface area contributed by atoms with Gasteiger partial charge in [0.1, 0.15) is 0 Å². The van der Waals surface area contributed by atoms with E-state index in [1.165, 1.54) is 0 Å². The fraction of sp³-hybridized carbons (Fsp3) is 0.800. The quantitative estimate of drug-likeness (QED) is 0.552. The maximum atomic E-state index is 4.87. The summed E-state index contributed by atoms with van der Waals surface area (Å²) in [6, 6.07) is 0. The maximum Gasteiger partial charge on any atom is 0.0941 e. The molecule has 0 unspecified atom stereocenters. The van der Waals surface area contributed by atoms with Gasteiger partial charge in [0.2, 0.25) is 0 Å². The second-order valence-corrected chi connectivity index (χ2v) is 2.73. The van der Waals surface area contributed by atoms with Crippen LogP contribution in [0.15, 0.2) is 4.99 Å². The molecule has 46 valence electrons. The summed E-state index contributed by atoms with van der Waals surface area (Å²) in [5.74, 6) is 1.14. The average molecular weight is 131 g/mol. The summed E-state index contributed by atoms with van der Waals surface area (Å²) in [6.07, 6.45) is 0. The third-order valence-electron chi connectivity index (χ3n) is 0.916. The third-order valence-corrected chi connectivity index (χ3v) is 1.88. The van der Waals surface area contributed by atoms with E-state index in [9.17, 15) is 0 Å². The highest BCUT2D eigenvalue weighted by Gasteiger charge is 2.04. The van der Waals surface area contributed by atoms with Crippen LogP contribution in [0.4, 0.5) is 0 Å². The molecule has 0 aromatic heterocycles. The molecule has 8 heavy (non-hydrogen) atoms. The van der Waals surface area contributed by atoms with Crippen molar-refractivity contribution in [2.75, 3.05) is 26.0 Å². The second-order valence-electron chi connectivity index (χ2n) is 1.56. The Morgan fingerprint density at radius 1 is 1.88 bits per heavy atom. The van der Waals surface area contributed by atoms with Crippen molar-refractivity contribution in [3.8, 4) is 0 Å². The number of thioether (sulfide) groups is 1. The highest BCUT2D eigenvalue weighted by atomic mass is 32.2. The Morgan fingerprint density at radius 2 is 2.75 bits per heavy atom. The van der Waals surface area contributed by atoms with Crippen LogP contribution in [0.5, 0.6) is 0 Å². The van der Waals surface area contributed by atoms with Crippen LogP contribution in [-0.4, -0.2) is 31.1 Å². The lowest BCUT2D eigenvalue weighted by Crippen LogP contribution is -1.97. The molecule has 0 saturated heterocycles. The molecule has 3 heteroatoms. The molecule has 0 aromatic rings. The Balaban J connectivity index is 2.23. The first-order valence-electron chi connectivity index (χ1n) is 2.58. The van der Waals surface area contributed by atoms with Crippen molar-refractivity contribution in [3.63, 3.8) is 0 Å². The SMILES string of the molecule is COCC1=NCCS1. The number of methoxy groups -OCH3 is 1. The molecule has 1 aliphatic heterocycles. The topological polar surface area (TPSA) is 21.6 Å². The van der Waals surface area contributed by atoms with Gasteiger partial charge in [-0.05, 0) is 0 Å². The Labute approximate surface area is 53.3 Å². The summed E-state index contributed by atoms with van der Waals surface area (Å²) in [4.78, 5) is 4.18. The highest BCUT2D eigenvalue weighted by Crippen LogP contribution is 2.10. The lowest BCUT2D eigenvalue weighted by atomic mass is 10.7. The van der Waals surface area contributed by atoms with Crippen LogP contribution in [0, 0.1) is 0 Å². The van der Waals surface area contributed by atoms with Crippen molar-refractivity contribution in [2.45, 2.75) is 0 Å². The van der Waals surface area contributed by atoms with Crippen LogP contribution >= 0.6 is 11.8 Å². The van der Waals surface area contributed by atoms with Crippen LogP contribution in [0.25, 0.3) is 0 Å². The zero-order valence-corrected chi connectivity index (χ0v) is 5.70. The predicted molar refractivity (Wildman–Crippen MR) is 36.6 cm³/mol. The minimum absolute atomic E-state index is 0.699. The Bertz CT molecular complexity index is 103.